The number of rotatable bonds is 7. The fraction of sp³-hybridized carbons (Fsp3) is 0.182. The molecule has 5 nitrogen and oxygen atoms in total. The number of hydrogen-bond acceptors (Lipinski definition) is 4. The second-order valence-electron chi connectivity index (χ2n) is 6.12. The van der Waals surface area contributed by atoms with Gasteiger partial charge in [-0.1, -0.05) is 30.3 Å². The third kappa shape index (κ3) is 5.07. The van der Waals surface area contributed by atoms with Crippen molar-refractivity contribution in [1.29, 1.82) is 0 Å². The molecule has 2 N–H and O–H groups in total. The summed E-state index contributed by atoms with van der Waals surface area (Å²) >= 11 is 0. The first kappa shape index (κ1) is 18.5. The van der Waals surface area contributed by atoms with E-state index in [2.05, 4.69) is 15.6 Å². The number of nitrogens with zero attached hydrogens (tertiary/aromatic N) is 1. The summed E-state index contributed by atoms with van der Waals surface area (Å²) in [5.74, 6) is 0.639. The third-order valence-corrected chi connectivity index (χ3v) is 4.10. The minimum absolute atomic E-state index is 0.0813. The summed E-state index contributed by atoms with van der Waals surface area (Å²) in [6.07, 6.45) is 1.65. The highest BCUT2D eigenvalue weighted by molar-refractivity contribution is 5.92. The number of aromatic nitrogens is 1. The van der Waals surface area contributed by atoms with E-state index in [0.717, 1.165) is 22.7 Å². The lowest BCUT2D eigenvalue weighted by molar-refractivity contribution is 0.0935. The zero-order chi connectivity index (χ0) is 19.1. The molecule has 1 unspecified atom stereocenters. The summed E-state index contributed by atoms with van der Waals surface area (Å²) in [5.41, 5.74) is 3.18. The Morgan fingerprint density at radius 2 is 1.70 bits per heavy atom. The molecule has 0 bridgehead atoms. The fourth-order valence-electron chi connectivity index (χ4n) is 2.67. The van der Waals surface area contributed by atoms with Gasteiger partial charge in [-0.25, -0.2) is 4.98 Å². The van der Waals surface area contributed by atoms with Gasteiger partial charge in [0.15, 0.2) is 0 Å². The van der Waals surface area contributed by atoms with Crippen LogP contribution in [0.15, 0.2) is 72.9 Å². The molecule has 0 saturated carbocycles. The van der Waals surface area contributed by atoms with Gasteiger partial charge in [-0.05, 0) is 55.8 Å². The van der Waals surface area contributed by atoms with E-state index in [-0.39, 0.29) is 11.9 Å². The molecule has 0 radical (unpaired) electrons. The Kier molecular flexibility index (Phi) is 6.05. The predicted octanol–water partition coefficient (Wildman–Crippen LogP) is 4.71. The predicted molar refractivity (Wildman–Crippen MR) is 107 cm³/mol. The molecule has 0 aliphatic heterocycles. The monoisotopic (exact) mass is 361 g/mol. The third-order valence-electron chi connectivity index (χ3n) is 4.10. The maximum Gasteiger partial charge on any atom is 0.270 e. The Bertz CT molecular complexity index is 862. The summed E-state index contributed by atoms with van der Waals surface area (Å²) in [6.45, 7) is 4.55. The van der Waals surface area contributed by atoms with Gasteiger partial charge >= 0.3 is 0 Å². The molecule has 3 aromatic rings. The van der Waals surface area contributed by atoms with E-state index >= 15 is 0 Å². The zero-order valence-corrected chi connectivity index (χ0v) is 15.5. The van der Waals surface area contributed by atoms with Crippen molar-refractivity contribution in [2.75, 3.05) is 11.9 Å². The molecule has 5 heteroatoms. The summed E-state index contributed by atoms with van der Waals surface area (Å²) in [7, 11) is 0. The zero-order valence-electron chi connectivity index (χ0n) is 15.5. The van der Waals surface area contributed by atoms with Crippen molar-refractivity contribution < 1.29 is 9.53 Å². The van der Waals surface area contributed by atoms with Crippen molar-refractivity contribution in [1.82, 2.24) is 10.3 Å². The van der Waals surface area contributed by atoms with E-state index in [9.17, 15) is 4.79 Å². The average molecular weight is 361 g/mol. The molecule has 0 spiro atoms. The number of carbonyl (C=O) groups is 1. The molecular weight excluding hydrogens is 338 g/mol. The Labute approximate surface area is 159 Å². The quantitative estimate of drug-likeness (QED) is 0.639. The molecule has 0 aliphatic rings. The molecule has 3 rings (SSSR count). The van der Waals surface area contributed by atoms with Crippen LogP contribution in [0.5, 0.6) is 5.75 Å². The van der Waals surface area contributed by atoms with Gasteiger partial charge in [0.05, 0.1) is 24.5 Å². The van der Waals surface area contributed by atoms with Crippen molar-refractivity contribution >= 4 is 17.3 Å². The number of anilines is 2. The molecule has 0 saturated heterocycles. The number of hydrogen-bond donors (Lipinski definition) is 2. The molecule has 0 aliphatic carbocycles. The minimum Gasteiger partial charge on any atom is -0.494 e. The second kappa shape index (κ2) is 8.85. The SMILES string of the molecule is CCOc1ccc(Nc2ccc(C(=O)NC(C)c3ccccc3)nc2)cc1. The molecule has 138 valence electrons. The molecule has 1 heterocycles. The van der Waals surface area contributed by atoms with Crippen molar-refractivity contribution in [2.45, 2.75) is 19.9 Å². The van der Waals surface area contributed by atoms with Crippen molar-refractivity contribution in [3.63, 3.8) is 0 Å². The lowest BCUT2D eigenvalue weighted by Gasteiger charge is -2.14. The number of benzene rings is 2. The van der Waals surface area contributed by atoms with Gasteiger partial charge < -0.3 is 15.4 Å². The van der Waals surface area contributed by atoms with Crippen LogP contribution in [0.3, 0.4) is 0 Å². The van der Waals surface area contributed by atoms with E-state index in [0.29, 0.717) is 12.3 Å². The largest absolute Gasteiger partial charge is 0.494 e. The van der Waals surface area contributed by atoms with Crippen molar-refractivity contribution in [2.24, 2.45) is 0 Å². The van der Waals surface area contributed by atoms with E-state index in [4.69, 9.17) is 4.74 Å². The van der Waals surface area contributed by atoms with Crippen LogP contribution in [0.2, 0.25) is 0 Å². The number of pyridine rings is 1. The first-order chi connectivity index (χ1) is 13.2. The summed E-state index contributed by atoms with van der Waals surface area (Å²) in [6, 6.07) is 21.0. The highest BCUT2D eigenvalue weighted by Crippen LogP contribution is 2.20. The van der Waals surface area contributed by atoms with Crippen LogP contribution in [0.25, 0.3) is 0 Å². The standard InChI is InChI=1S/C22H23N3O2/c1-3-27-20-12-9-18(10-13-20)25-19-11-14-21(23-15-19)22(26)24-16(2)17-7-5-4-6-8-17/h4-16,25H,3H2,1-2H3,(H,24,26). The number of ether oxygens (including phenoxy) is 1. The highest BCUT2D eigenvalue weighted by Gasteiger charge is 2.12. The smallest absolute Gasteiger partial charge is 0.270 e. The van der Waals surface area contributed by atoms with E-state index in [1.807, 2.05) is 74.5 Å². The fourth-order valence-corrected chi connectivity index (χ4v) is 2.67. The van der Waals surface area contributed by atoms with Crippen molar-refractivity contribution in [3.05, 3.63) is 84.2 Å². The average Bonchev–Trinajstić information content (AvgIpc) is 2.71. The molecule has 1 aromatic heterocycles. The Morgan fingerprint density at radius 1 is 1.00 bits per heavy atom. The maximum atomic E-state index is 12.4. The van der Waals surface area contributed by atoms with Gasteiger partial charge in [0.25, 0.3) is 5.91 Å². The first-order valence-corrected chi connectivity index (χ1v) is 8.97. The Hall–Kier alpha value is -3.34. The van der Waals surface area contributed by atoms with Gasteiger partial charge in [0, 0.05) is 5.69 Å². The summed E-state index contributed by atoms with van der Waals surface area (Å²) in [5, 5.41) is 6.22. The highest BCUT2D eigenvalue weighted by atomic mass is 16.5. The van der Waals surface area contributed by atoms with Crippen LogP contribution in [0.1, 0.15) is 35.9 Å². The van der Waals surface area contributed by atoms with Gasteiger partial charge in [-0.15, -0.1) is 0 Å². The lowest BCUT2D eigenvalue weighted by atomic mass is 10.1. The van der Waals surface area contributed by atoms with Crippen LogP contribution in [0, 0.1) is 0 Å². The van der Waals surface area contributed by atoms with Crippen molar-refractivity contribution in [3.8, 4) is 5.75 Å². The molecule has 0 fully saturated rings. The maximum absolute atomic E-state index is 12.4. The topological polar surface area (TPSA) is 63.2 Å². The summed E-state index contributed by atoms with van der Waals surface area (Å²) in [4.78, 5) is 16.7. The number of carbonyl (C=O) groups excluding carboxylic acids is 1. The molecular formula is C22H23N3O2. The molecule has 2 aromatic carbocycles. The molecule has 1 atom stereocenters. The van der Waals surface area contributed by atoms with E-state index in [1.165, 1.54) is 0 Å². The van der Waals surface area contributed by atoms with Crippen LogP contribution in [-0.2, 0) is 0 Å². The van der Waals surface area contributed by atoms with Gasteiger partial charge in [0.2, 0.25) is 0 Å². The summed E-state index contributed by atoms with van der Waals surface area (Å²) < 4.78 is 5.43. The normalized spacial score (nSPS) is 11.5. The second-order valence-corrected chi connectivity index (χ2v) is 6.12. The van der Waals surface area contributed by atoms with Crippen LogP contribution < -0.4 is 15.4 Å². The van der Waals surface area contributed by atoms with Gasteiger partial charge in [-0.3, -0.25) is 4.79 Å². The van der Waals surface area contributed by atoms with Crippen LogP contribution in [-0.4, -0.2) is 17.5 Å². The van der Waals surface area contributed by atoms with Crippen LogP contribution in [0.4, 0.5) is 11.4 Å². The lowest BCUT2D eigenvalue weighted by Crippen LogP contribution is -2.27. The molecule has 27 heavy (non-hydrogen) atoms. The van der Waals surface area contributed by atoms with Gasteiger partial charge in [0.1, 0.15) is 11.4 Å². The Balaban J connectivity index is 1.60. The minimum atomic E-state index is -0.195. The molecule has 1 amide bonds. The van der Waals surface area contributed by atoms with Crippen LogP contribution >= 0.6 is 0 Å². The number of nitrogens with one attached hydrogen (secondary N) is 2. The number of amides is 1. The Morgan fingerprint density at radius 3 is 2.33 bits per heavy atom. The first-order valence-electron chi connectivity index (χ1n) is 8.97. The van der Waals surface area contributed by atoms with Gasteiger partial charge in [-0.2, -0.15) is 0 Å². The van der Waals surface area contributed by atoms with E-state index < -0.39 is 0 Å². The van der Waals surface area contributed by atoms with E-state index in [1.54, 1.807) is 12.3 Å².